The molecule has 0 amide bonds. The summed E-state index contributed by atoms with van der Waals surface area (Å²) < 4.78 is 21.3. The number of aliphatic hydroxyl groups is 1. The molecule has 2 N–H and O–H groups in total. The fraction of sp³-hybridized carbons (Fsp3) is 0.200. The average molecular weight is 656 g/mol. The Morgan fingerprint density at radius 1 is 0.818 bits per heavy atom. The maximum absolute atomic E-state index is 12.9. The van der Waals surface area contributed by atoms with Gasteiger partial charge < -0.3 is 0 Å². The second-order valence-electron chi connectivity index (χ2n) is 10.4. The fourth-order valence-corrected chi connectivity index (χ4v) is 8.25. The first kappa shape index (κ1) is 29.8. The van der Waals surface area contributed by atoms with Crippen LogP contribution in [0.25, 0.3) is 0 Å². The molecule has 1 fully saturated rings. The van der Waals surface area contributed by atoms with E-state index in [9.17, 15) is 14.7 Å². The van der Waals surface area contributed by atoms with E-state index < -0.39 is 40.1 Å². The van der Waals surface area contributed by atoms with Crippen molar-refractivity contribution in [3.05, 3.63) is 165 Å². The number of hydrogen-bond donors (Lipinski definition) is 2. The van der Waals surface area contributed by atoms with Crippen molar-refractivity contribution in [2.24, 2.45) is 0 Å². The number of rotatable bonds is 10. The standard InChI is InChI=1S/C35H32N2O6Se/c1-41-27-19-17-26(18-20-27)35(24-11-5-2-6-12-24,25-13-7-3-8-14-25)42-23-29-31(39)32(44-28-15-9-4-10-16-28)33(43-29)37-22-21-30(38)36-34(37)40/h2-22,29,31-33,39H,23H2,1H3,(H,36,38,40)/t29-,31+,32-,33-/m1/s1. The number of benzene rings is 4. The van der Waals surface area contributed by atoms with Crippen molar-refractivity contribution in [2.75, 3.05) is 13.7 Å². The van der Waals surface area contributed by atoms with Crippen LogP contribution in [0.5, 0.6) is 5.75 Å². The van der Waals surface area contributed by atoms with Crippen molar-refractivity contribution < 1.29 is 19.3 Å². The zero-order chi connectivity index (χ0) is 30.5. The van der Waals surface area contributed by atoms with Gasteiger partial charge in [-0.2, -0.15) is 0 Å². The van der Waals surface area contributed by atoms with Crippen LogP contribution in [0.3, 0.4) is 0 Å². The van der Waals surface area contributed by atoms with E-state index >= 15 is 0 Å². The van der Waals surface area contributed by atoms with Crippen molar-refractivity contribution in [3.8, 4) is 5.75 Å². The minimum atomic E-state index is -1.05. The second kappa shape index (κ2) is 13.2. The van der Waals surface area contributed by atoms with Crippen LogP contribution in [0.15, 0.2) is 137 Å². The van der Waals surface area contributed by atoms with Gasteiger partial charge in [-0.05, 0) is 0 Å². The van der Waals surface area contributed by atoms with E-state index in [0.29, 0.717) is 0 Å². The minimum absolute atomic E-state index is 0.0208. The molecule has 224 valence electrons. The first-order valence-corrected chi connectivity index (χ1v) is 16.1. The van der Waals surface area contributed by atoms with Gasteiger partial charge in [0.05, 0.1) is 0 Å². The van der Waals surface area contributed by atoms with Crippen LogP contribution in [-0.2, 0) is 15.1 Å². The summed E-state index contributed by atoms with van der Waals surface area (Å²) in [6, 6.07) is 38.8. The SMILES string of the molecule is COc1ccc(C(OC[C@H]2O[C@@H](n3ccc(=O)[nH]c3=O)[C@H]([Se]c3ccccc3)[C@H]2O)(c2ccccc2)c2ccccc2)cc1. The number of nitrogens with zero attached hydrogens (tertiary/aromatic N) is 1. The number of aliphatic hydroxyl groups excluding tert-OH is 1. The van der Waals surface area contributed by atoms with Crippen molar-refractivity contribution >= 4 is 19.4 Å². The Hall–Kier alpha value is -4.24. The van der Waals surface area contributed by atoms with Gasteiger partial charge in [-0.15, -0.1) is 0 Å². The maximum atomic E-state index is 12.9. The number of hydrogen-bond acceptors (Lipinski definition) is 6. The molecular formula is C35H32N2O6Se. The van der Waals surface area contributed by atoms with E-state index in [1.54, 1.807) is 7.11 Å². The van der Waals surface area contributed by atoms with E-state index in [4.69, 9.17) is 14.2 Å². The van der Waals surface area contributed by atoms with Gasteiger partial charge in [-0.1, -0.05) is 0 Å². The van der Waals surface area contributed by atoms with E-state index in [1.165, 1.54) is 16.8 Å². The van der Waals surface area contributed by atoms with Gasteiger partial charge in [0.25, 0.3) is 0 Å². The summed E-state index contributed by atoms with van der Waals surface area (Å²) in [6.07, 6.45) is -1.09. The molecule has 0 radical (unpaired) electrons. The van der Waals surface area contributed by atoms with E-state index in [0.717, 1.165) is 26.9 Å². The van der Waals surface area contributed by atoms with Gasteiger partial charge in [0.1, 0.15) is 0 Å². The molecule has 4 atom stereocenters. The summed E-state index contributed by atoms with van der Waals surface area (Å²) in [5.41, 5.74) is 0.549. The predicted molar refractivity (Wildman–Crippen MR) is 169 cm³/mol. The normalized spacial score (nSPS) is 20.0. The monoisotopic (exact) mass is 656 g/mol. The molecule has 5 aromatic rings. The van der Waals surface area contributed by atoms with Gasteiger partial charge in [0, 0.05) is 0 Å². The summed E-state index contributed by atoms with van der Waals surface area (Å²) in [4.78, 5) is 26.6. The third-order valence-electron chi connectivity index (χ3n) is 7.77. The first-order valence-electron chi connectivity index (χ1n) is 14.3. The van der Waals surface area contributed by atoms with E-state index in [1.807, 2.05) is 115 Å². The molecule has 0 aliphatic carbocycles. The van der Waals surface area contributed by atoms with Crippen LogP contribution < -0.4 is 20.4 Å². The topological polar surface area (TPSA) is 103 Å². The Balaban J connectivity index is 1.40. The molecule has 44 heavy (non-hydrogen) atoms. The molecule has 9 heteroatoms. The molecule has 1 aromatic heterocycles. The van der Waals surface area contributed by atoms with Gasteiger partial charge in [0.2, 0.25) is 0 Å². The van der Waals surface area contributed by atoms with Crippen LogP contribution in [-0.4, -0.2) is 55.5 Å². The van der Waals surface area contributed by atoms with E-state index in [2.05, 4.69) is 4.98 Å². The van der Waals surface area contributed by atoms with Crippen molar-refractivity contribution in [3.63, 3.8) is 0 Å². The summed E-state index contributed by atoms with van der Waals surface area (Å²) in [5, 5.41) is 11.8. The van der Waals surface area contributed by atoms with Crippen LogP contribution in [0.4, 0.5) is 0 Å². The van der Waals surface area contributed by atoms with Crippen molar-refractivity contribution in [1.29, 1.82) is 0 Å². The fourth-order valence-electron chi connectivity index (χ4n) is 5.62. The zero-order valence-electron chi connectivity index (χ0n) is 24.0. The van der Waals surface area contributed by atoms with E-state index in [-0.39, 0.29) is 21.6 Å². The summed E-state index contributed by atoms with van der Waals surface area (Å²) in [5.74, 6) is 0.721. The van der Waals surface area contributed by atoms with Crippen LogP contribution in [0.1, 0.15) is 22.9 Å². The molecule has 4 aromatic carbocycles. The Kier molecular flexibility index (Phi) is 8.93. The molecule has 1 saturated heterocycles. The quantitative estimate of drug-likeness (QED) is 0.176. The molecule has 2 heterocycles. The predicted octanol–water partition coefficient (Wildman–Crippen LogP) is 3.63. The first-order chi connectivity index (χ1) is 21.5. The molecule has 0 saturated carbocycles. The number of aromatic nitrogens is 2. The summed E-state index contributed by atoms with van der Waals surface area (Å²) in [7, 11) is 1.63. The third-order valence-corrected chi connectivity index (χ3v) is 10.6. The average Bonchev–Trinajstić information content (AvgIpc) is 3.37. The van der Waals surface area contributed by atoms with Gasteiger partial charge in [0.15, 0.2) is 0 Å². The van der Waals surface area contributed by atoms with Crippen molar-refractivity contribution in [2.45, 2.75) is 28.9 Å². The Morgan fingerprint density at radius 2 is 1.39 bits per heavy atom. The zero-order valence-corrected chi connectivity index (χ0v) is 25.7. The molecule has 0 bridgehead atoms. The molecule has 0 spiro atoms. The molecule has 6 rings (SSSR count). The Bertz CT molecular complexity index is 1740. The third kappa shape index (κ3) is 5.93. The number of aromatic amines is 1. The van der Waals surface area contributed by atoms with Gasteiger partial charge >= 0.3 is 262 Å². The molecule has 8 nitrogen and oxygen atoms in total. The molecule has 1 aliphatic heterocycles. The number of nitrogens with one attached hydrogen (secondary N) is 1. The second-order valence-corrected chi connectivity index (χ2v) is 13.0. The van der Waals surface area contributed by atoms with Crippen LogP contribution in [0.2, 0.25) is 4.82 Å². The van der Waals surface area contributed by atoms with Crippen molar-refractivity contribution in [1.82, 2.24) is 9.55 Å². The Morgan fingerprint density at radius 3 is 1.95 bits per heavy atom. The van der Waals surface area contributed by atoms with Crippen LogP contribution >= 0.6 is 0 Å². The number of H-pyrrole nitrogens is 1. The number of methoxy groups -OCH3 is 1. The Labute approximate surface area is 261 Å². The van der Waals surface area contributed by atoms with Gasteiger partial charge in [-0.25, -0.2) is 0 Å². The number of ether oxygens (including phenoxy) is 3. The summed E-state index contributed by atoms with van der Waals surface area (Å²) >= 11 is -0.262. The molecular weight excluding hydrogens is 623 g/mol. The summed E-state index contributed by atoms with van der Waals surface area (Å²) in [6.45, 7) is 0.0208. The molecule has 1 aliphatic rings. The van der Waals surface area contributed by atoms with Gasteiger partial charge in [-0.3, -0.25) is 0 Å². The van der Waals surface area contributed by atoms with Crippen LogP contribution in [0, 0.1) is 0 Å². The molecule has 0 unspecified atom stereocenters.